The minimum Gasteiger partial charge on any atom is -0.397 e. The molecule has 152 valence electrons. The van der Waals surface area contributed by atoms with E-state index in [1.165, 1.54) is 5.56 Å². The van der Waals surface area contributed by atoms with Crippen LogP contribution in [0.2, 0.25) is 0 Å². The summed E-state index contributed by atoms with van der Waals surface area (Å²) in [5, 5.41) is 11.0. The lowest BCUT2D eigenvalue weighted by molar-refractivity contribution is -0.508. The zero-order valence-corrected chi connectivity index (χ0v) is 16.7. The van der Waals surface area contributed by atoms with Gasteiger partial charge in [0.2, 0.25) is 6.04 Å². The first-order valence-corrected chi connectivity index (χ1v) is 10.6. The van der Waals surface area contributed by atoms with Crippen molar-refractivity contribution in [2.45, 2.75) is 44.1 Å². The largest absolute Gasteiger partial charge is 0.397 e. The van der Waals surface area contributed by atoms with Crippen LogP contribution in [0.15, 0.2) is 77.7 Å². The minimum absolute atomic E-state index is 0.261. The van der Waals surface area contributed by atoms with E-state index >= 15 is 0 Å². The highest BCUT2D eigenvalue weighted by Gasteiger charge is 2.32. The molecule has 29 heavy (non-hydrogen) atoms. The summed E-state index contributed by atoms with van der Waals surface area (Å²) < 4.78 is 0. The second-order valence-electron chi connectivity index (χ2n) is 8.22. The number of nitro groups is 1. The van der Waals surface area contributed by atoms with E-state index in [0.29, 0.717) is 24.0 Å². The molecule has 0 aromatic heterocycles. The SMILES string of the molecule is NC1=CC([N+](=O)[O-])CC=C1N1CCC(C(C2=CC=CCC2)c2ccccc2)CC1. The molecule has 0 spiro atoms. The van der Waals surface area contributed by atoms with Crippen molar-refractivity contribution in [2.75, 3.05) is 13.1 Å². The maximum absolute atomic E-state index is 11.0. The van der Waals surface area contributed by atoms with E-state index in [4.69, 9.17) is 5.73 Å². The van der Waals surface area contributed by atoms with Gasteiger partial charge >= 0.3 is 0 Å². The Labute approximate surface area is 172 Å². The Hall–Kier alpha value is -2.82. The third-order valence-electron chi connectivity index (χ3n) is 6.45. The first-order chi connectivity index (χ1) is 14.1. The standard InChI is InChI=1S/C24H29N3O2/c25-22-17-21(27(28)29)11-12-23(22)26-15-13-20(14-16-26)24(18-7-3-1-4-8-18)19-9-5-2-6-10-19/h1-5,7-9,12,17,20-21,24H,6,10-11,13-16,25H2. The molecule has 0 amide bonds. The van der Waals surface area contributed by atoms with Gasteiger partial charge in [-0.1, -0.05) is 60.2 Å². The number of nitrogens with zero attached hydrogens (tertiary/aromatic N) is 2. The topological polar surface area (TPSA) is 72.4 Å². The molecule has 2 unspecified atom stereocenters. The Balaban J connectivity index is 1.47. The molecule has 4 rings (SSSR count). The number of benzene rings is 1. The van der Waals surface area contributed by atoms with Gasteiger partial charge in [-0.3, -0.25) is 10.1 Å². The van der Waals surface area contributed by atoms with Gasteiger partial charge in [0, 0.05) is 36.4 Å². The Morgan fingerprint density at radius 3 is 2.55 bits per heavy atom. The van der Waals surface area contributed by atoms with E-state index in [9.17, 15) is 10.1 Å². The Morgan fingerprint density at radius 1 is 1.17 bits per heavy atom. The molecule has 2 atom stereocenters. The molecular formula is C24H29N3O2. The summed E-state index contributed by atoms with van der Waals surface area (Å²) in [6.45, 7) is 1.89. The van der Waals surface area contributed by atoms with E-state index < -0.39 is 6.04 Å². The highest BCUT2D eigenvalue weighted by atomic mass is 16.6. The van der Waals surface area contributed by atoms with Crippen LogP contribution in [0, 0.1) is 16.0 Å². The molecule has 2 aliphatic carbocycles. The van der Waals surface area contributed by atoms with Gasteiger partial charge in [0.05, 0.1) is 11.4 Å². The number of likely N-dealkylation sites (tertiary alicyclic amines) is 1. The van der Waals surface area contributed by atoms with E-state index in [1.54, 1.807) is 11.6 Å². The van der Waals surface area contributed by atoms with Crippen molar-refractivity contribution in [3.8, 4) is 0 Å². The second kappa shape index (κ2) is 8.68. The molecule has 0 bridgehead atoms. The van der Waals surface area contributed by atoms with E-state index in [1.807, 2.05) is 6.08 Å². The number of piperidine rings is 1. The van der Waals surface area contributed by atoms with Crippen LogP contribution in [-0.4, -0.2) is 29.0 Å². The van der Waals surface area contributed by atoms with Crippen LogP contribution < -0.4 is 5.73 Å². The van der Waals surface area contributed by atoms with Crippen LogP contribution in [0.3, 0.4) is 0 Å². The molecule has 1 aromatic rings. The van der Waals surface area contributed by atoms with Gasteiger partial charge in [-0.15, -0.1) is 0 Å². The molecule has 5 heteroatoms. The van der Waals surface area contributed by atoms with Gasteiger partial charge in [-0.25, -0.2) is 0 Å². The van der Waals surface area contributed by atoms with Gasteiger partial charge in [0.15, 0.2) is 0 Å². The summed E-state index contributed by atoms with van der Waals surface area (Å²) in [7, 11) is 0. The first-order valence-electron chi connectivity index (χ1n) is 10.6. The van der Waals surface area contributed by atoms with Gasteiger partial charge < -0.3 is 10.6 Å². The van der Waals surface area contributed by atoms with E-state index in [0.717, 1.165) is 44.5 Å². The quantitative estimate of drug-likeness (QED) is 0.591. The maximum Gasteiger partial charge on any atom is 0.237 e. The average Bonchev–Trinajstić information content (AvgIpc) is 2.76. The number of hydrogen-bond donors (Lipinski definition) is 1. The Kier molecular flexibility index (Phi) is 5.84. The molecular weight excluding hydrogens is 362 g/mol. The molecule has 2 N–H and O–H groups in total. The number of hydrogen-bond acceptors (Lipinski definition) is 4. The van der Waals surface area contributed by atoms with Crippen molar-refractivity contribution in [1.82, 2.24) is 4.90 Å². The fourth-order valence-electron chi connectivity index (χ4n) is 4.97. The van der Waals surface area contributed by atoms with Crippen molar-refractivity contribution in [1.29, 1.82) is 0 Å². The predicted octanol–water partition coefficient (Wildman–Crippen LogP) is 4.53. The number of rotatable bonds is 5. The fourth-order valence-corrected chi connectivity index (χ4v) is 4.97. The summed E-state index contributed by atoms with van der Waals surface area (Å²) in [4.78, 5) is 13.1. The third kappa shape index (κ3) is 4.29. The van der Waals surface area contributed by atoms with Crippen LogP contribution in [0.25, 0.3) is 0 Å². The zero-order valence-electron chi connectivity index (χ0n) is 16.7. The summed E-state index contributed by atoms with van der Waals surface area (Å²) in [6, 6.07) is 10.2. The molecule has 3 aliphatic rings. The Bertz CT molecular complexity index is 861. The normalized spacial score (nSPS) is 23.8. The van der Waals surface area contributed by atoms with E-state index in [-0.39, 0.29) is 4.92 Å². The highest BCUT2D eigenvalue weighted by molar-refractivity contribution is 5.35. The zero-order chi connectivity index (χ0) is 20.2. The maximum atomic E-state index is 11.0. The minimum atomic E-state index is -0.690. The molecule has 1 saturated heterocycles. The lowest BCUT2D eigenvalue weighted by Crippen LogP contribution is -2.38. The highest BCUT2D eigenvalue weighted by Crippen LogP contribution is 2.41. The second-order valence-corrected chi connectivity index (χ2v) is 8.22. The molecule has 1 fully saturated rings. The van der Waals surface area contributed by atoms with E-state index in [2.05, 4.69) is 53.5 Å². The van der Waals surface area contributed by atoms with Gasteiger partial charge in [0.25, 0.3) is 0 Å². The smallest absolute Gasteiger partial charge is 0.237 e. The van der Waals surface area contributed by atoms with Crippen LogP contribution in [-0.2, 0) is 0 Å². The van der Waals surface area contributed by atoms with Gasteiger partial charge in [-0.05, 0) is 37.2 Å². The third-order valence-corrected chi connectivity index (χ3v) is 6.45. The molecule has 5 nitrogen and oxygen atoms in total. The molecule has 1 aromatic carbocycles. The van der Waals surface area contributed by atoms with Crippen molar-refractivity contribution in [2.24, 2.45) is 11.7 Å². The number of nitrogens with two attached hydrogens (primary N) is 1. The fraction of sp³-hybridized carbons (Fsp3) is 0.417. The Morgan fingerprint density at radius 2 is 1.93 bits per heavy atom. The lowest BCUT2D eigenvalue weighted by Gasteiger charge is -2.40. The molecule has 1 aliphatic heterocycles. The summed E-state index contributed by atoms with van der Waals surface area (Å²) in [5.74, 6) is 1.07. The monoisotopic (exact) mass is 391 g/mol. The predicted molar refractivity (Wildman–Crippen MR) is 116 cm³/mol. The summed E-state index contributed by atoms with van der Waals surface area (Å²) in [6.07, 6.45) is 15.2. The van der Waals surface area contributed by atoms with Crippen molar-refractivity contribution in [3.63, 3.8) is 0 Å². The van der Waals surface area contributed by atoms with Crippen molar-refractivity contribution >= 4 is 0 Å². The van der Waals surface area contributed by atoms with Gasteiger partial charge in [-0.2, -0.15) is 0 Å². The molecule has 1 heterocycles. The van der Waals surface area contributed by atoms with Crippen molar-refractivity contribution < 1.29 is 4.92 Å². The lowest BCUT2D eigenvalue weighted by atomic mass is 9.73. The van der Waals surface area contributed by atoms with Crippen LogP contribution in [0.4, 0.5) is 0 Å². The number of allylic oxidation sites excluding steroid dienone is 4. The van der Waals surface area contributed by atoms with Crippen LogP contribution in [0.5, 0.6) is 0 Å². The summed E-state index contributed by atoms with van der Waals surface area (Å²) in [5.41, 5.74) is 10.7. The first kappa shape index (κ1) is 19.5. The summed E-state index contributed by atoms with van der Waals surface area (Å²) >= 11 is 0. The molecule has 0 radical (unpaired) electrons. The average molecular weight is 392 g/mol. The van der Waals surface area contributed by atoms with Crippen LogP contribution in [0.1, 0.15) is 43.6 Å². The van der Waals surface area contributed by atoms with Crippen LogP contribution >= 0.6 is 0 Å². The van der Waals surface area contributed by atoms with Crippen molar-refractivity contribution in [3.05, 3.63) is 93.4 Å². The van der Waals surface area contributed by atoms with Gasteiger partial charge in [0.1, 0.15) is 0 Å². The molecule has 0 saturated carbocycles.